The molecule has 1 aromatic carbocycles. The van der Waals surface area contributed by atoms with Crippen LogP contribution in [0.5, 0.6) is 0 Å². The fraction of sp³-hybridized carbons (Fsp3) is 0.500. The average molecular weight is 345 g/mol. The normalized spacial score (nSPS) is 17.8. The predicted octanol–water partition coefficient (Wildman–Crippen LogP) is 2.72. The molecule has 1 fully saturated rings. The minimum atomic E-state index is -0.537. The van der Waals surface area contributed by atoms with Crippen LogP contribution in [-0.2, 0) is 4.74 Å². The summed E-state index contributed by atoms with van der Waals surface area (Å²) in [6.45, 7) is 4.14. The molecule has 1 aromatic rings. The van der Waals surface area contributed by atoms with Crippen molar-refractivity contribution in [3.05, 3.63) is 28.0 Å². The lowest BCUT2D eigenvalue weighted by Gasteiger charge is -2.33. The number of nitrogens with two attached hydrogens (primary N) is 1. The summed E-state index contributed by atoms with van der Waals surface area (Å²) in [5.41, 5.74) is 5.86. The maximum Gasteiger partial charge on any atom is 0.252 e. The molecule has 4 nitrogen and oxygen atoms in total. The Morgan fingerprint density at radius 2 is 2.15 bits per heavy atom. The Labute approximate surface area is 126 Å². The molecule has 6 heteroatoms. The van der Waals surface area contributed by atoms with Gasteiger partial charge in [0.15, 0.2) is 0 Å². The van der Waals surface area contributed by atoms with E-state index in [9.17, 15) is 9.18 Å². The monoisotopic (exact) mass is 344 g/mol. The average Bonchev–Trinajstić information content (AvgIpc) is 2.41. The van der Waals surface area contributed by atoms with Crippen LogP contribution >= 0.6 is 15.9 Å². The van der Waals surface area contributed by atoms with Crippen LogP contribution in [-0.4, -0.2) is 25.7 Å². The number of nitrogen functional groups attached to an aromatic ring is 1. The summed E-state index contributed by atoms with van der Waals surface area (Å²) in [6.07, 6.45) is 1.83. The highest BCUT2D eigenvalue weighted by molar-refractivity contribution is 9.10. The van der Waals surface area contributed by atoms with Crippen molar-refractivity contribution in [2.24, 2.45) is 5.41 Å². The number of halogens is 2. The van der Waals surface area contributed by atoms with Crippen molar-refractivity contribution < 1.29 is 13.9 Å². The maximum atomic E-state index is 13.3. The Kier molecular flexibility index (Phi) is 4.65. The van der Waals surface area contributed by atoms with Crippen molar-refractivity contribution in [2.45, 2.75) is 19.8 Å². The highest BCUT2D eigenvalue weighted by atomic mass is 79.9. The highest BCUT2D eigenvalue weighted by Gasteiger charge is 2.28. The molecule has 0 radical (unpaired) electrons. The van der Waals surface area contributed by atoms with Gasteiger partial charge in [-0.1, -0.05) is 6.92 Å². The minimum Gasteiger partial charge on any atom is -0.396 e. The Morgan fingerprint density at radius 3 is 2.80 bits per heavy atom. The molecule has 0 unspecified atom stereocenters. The van der Waals surface area contributed by atoms with Crippen LogP contribution in [0.1, 0.15) is 30.1 Å². The standard InChI is InChI=1S/C14H18BrFN2O2/c1-14(2-4-20-5-3-14)8-18-13(19)9-6-12(17)11(16)7-10(9)15/h6-7H,2-5,8,17H2,1H3,(H,18,19). The number of carbonyl (C=O) groups is 1. The van der Waals surface area contributed by atoms with E-state index in [2.05, 4.69) is 28.2 Å². The molecule has 1 amide bonds. The van der Waals surface area contributed by atoms with Gasteiger partial charge in [-0.05, 0) is 46.3 Å². The molecule has 1 saturated heterocycles. The van der Waals surface area contributed by atoms with Crippen LogP contribution in [0, 0.1) is 11.2 Å². The number of carbonyl (C=O) groups excluding carboxylic acids is 1. The van der Waals surface area contributed by atoms with E-state index in [0.29, 0.717) is 16.6 Å². The first kappa shape index (κ1) is 15.3. The van der Waals surface area contributed by atoms with Crippen LogP contribution in [0.25, 0.3) is 0 Å². The first-order valence-electron chi connectivity index (χ1n) is 6.52. The fourth-order valence-corrected chi connectivity index (χ4v) is 2.67. The lowest BCUT2D eigenvalue weighted by molar-refractivity contribution is 0.0238. The first-order chi connectivity index (χ1) is 9.41. The lowest BCUT2D eigenvalue weighted by atomic mass is 9.82. The summed E-state index contributed by atoms with van der Waals surface area (Å²) < 4.78 is 19.0. The minimum absolute atomic E-state index is 0.0318. The summed E-state index contributed by atoms with van der Waals surface area (Å²) in [6, 6.07) is 2.56. The van der Waals surface area contributed by atoms with Crippen molar-refractivity contribution in [2.75, 3.05) is 25.5 Å². The van der Waals surface area contributed by atoms with Crippen LogP contribution in [0.2, 0.25) is 0 Å². The third-order valence-electron chi connectivity index (χ3n) is 3.71. The van der Waals surface area contributed by atoms with Gasteiger partial charge >= 0.3 is 0 Å². The first-order valence-corrected chi connectivity index (χ1v) is 7.31. The second-order valence-corrected chi connectivity index (χ2v) is 6.31. The summed E-state index contributed by atoms with van der Waals surface area (Å²) in [7, 11) is 0. The molecule has 3 N–H and O–H groups in total. The van der Waals surface area contributed by atoms with Crippen molar-refractivity contribution in [1.29, 1.82) is 0 Å². The van der Waals surface area contributed by atoms with Gasteiger partial charge in [0.05, 0.1) is 11.3 Å². The quantitative estimate of drug-likeness (QED) is 0.828. The van der Waals surface area contributed by atoms with Gasteiger partial charge in [-0.2, -0.15) is 0 Å². The molecule has 0 aromatic heterocycles. The molecule has 1 aliphatic rings. The van der Waals surface area contributed by atoms with Gasteiger partial charge < -0.3 is 15.8 Å². The SMILES string of the molecule is CC1(CNC(=O)c2cc(N)c(F)cc2Br)CCOCC1. The Bertz CT molecular complexity index is 516. The topological polar surface area (TPSA) is 64.4 Å². The third kappa shape index (κ3) is 3.49. The summed E-state index contributed by atoms with van der Waals surface area (Å²) in [5.74, 6) is -0.791. The number of nitrogens with one attached hydrogen (secondary N) is 1. The van der Waals surface area contributed by atoms with E-state index in [-0.39, 0.29) is 17.0 Å². The fourth-order valence-electron chi connectivity index (χ4n) is 2.17. The van der Waals surface area contributed by atoms with Gasteiger partial charge in [0.1, 0.15) is 5.82 Å². The third-order valence-corrected chi connectivity index (χ3v) is 4.36. The van der Waals surface area contributed by atoms with Gasteiger partial charge in [0.25, 0.3) is 5.91 Å². The number of amides is 1. The molecule has 0 aliphatic carbocycles. The molecule has 110 valence electrons. The number of hydrogen-bond acceptors (Lipinski definition) is 3. The molecular weight excluding hydrogens is 327 g/mol. The molecule has 0 spiro atoms. The second kappa shape index (κ2) is 6.10. The van der Waals surface area contributed by atoms with Gasteiger partial charge in [-0.25, -0.2) is 4.39 Å². The summed E-state index contributed by atoms with van der Waals surface area (Å²) >= 11 is 3.18. The molecule has 1 aliphatic heterocycles. The smallest absolute Gasteiger partial charge is 0.252 e. The van der Waals surface area contributed by atoms with Gasteiger partial charge in [-0.15, -0.1) is 0 Å². The van der Waals surface area contributed by atoms with Crippen molar-refractivity contribution in [3.63, 3.8) is 0 Å². The van der Waals surface area contributed by atoms with E-state index in [0.717, 1.165) is 26.1 Å². The largest absolute Gasteiger partial charge is 0.396 e. The number of hydrogen-bond donors (Lipinski definition) is 2. The molecular formula is C14H18BrFN2O2. The van der Waals surface area contributed by atoms with Crippen LogP contribution in [0.15, 0.2) is 16.6 Å². The van der Waals surface area contributed by atoms with Gasteiger partial charge in [-0.3, -0.25) is 4.79 Å². The van der Waals surface area contributed by atoms with E-state index in [1.807, 2.05) is 0 Å². The zero-order valence-corrected chi connectivity index (χ0v) is 12.9. The van der Waals surface area contributed by atoms with Crippen molar-refractivity contribution in [3.8, 4) is 0 Å². The zero-order valence-electron chi connectivity index (χ0n) is 11.3. The molecule has 1 heterocycles. The predicted molar refractivity (Wildman–Crippen MR) is 79.0 cm³/mol. The molecule has 0 saturated carbocycles. The van der Waals surface area contributed by atoms with E-state index in [1.54, 1.807) is 0 Å². The highest BCUT2D eigenvalue weighted by Crippen LogP contribution is 2.29. The molecule has 2 rings (SSSR count). The Morgan fingerprint density at radius 1 is 1.50 bits per heavy atom. The van der Waals surface area contributed by atoms with Crippen LogP contribution < -0.4 is 11.1 Å². The van der Waals surface area contributed by atoms with E-state index in [4.69, 9.17) is 10.5 Å². The molecule has 0 atom stereocenters. The number of ether oxygens (including phenoxy) is 1. The Hall–Kier alpha value is -1.14. The van der Waals surface area contributed by atoms with Crippen molar-refractivity contribution in [1.82, 2.24) is 5.32 Å². The van der Waals surface area contributed by atoms with E-state index >= 15 is 0 Å². The van der Waals surface area contributed by atoms with Crippen molar-refractivity contribution >= 4 is 27.5 Å². The summed E-state index contributed by atoms with van der Waals surface area (Å²) in [4.78, 5) is 12.2. The molecule has 0 bridgehead atoms. The van der Waals surface area contributed by atoms with Gasteiger partial charge in [0.2, 0.25) is 0 Å². The van der Waals surface area contributed by atoms with Gasteiger partial charge in [0, 0.05) is 24.2 Å². The maximum absolute atomic E-state index is 13.3. The number of benzene rings is 1. The number of rotatable bonds is 3. The van der Waals surface area contributed by atoms with Crippen LogP contribution in [0.3, 0.4) is 0 Å². The zero-order chi connectivity index (χ0) is 14.8. The number of anilines is 1. The summed E-state index contributed by atoms with van der Waals surface area (Å²) in [5, 5.41) is 2.89. The Balaban J connectivity index is 2.03. The van der Waals surface area contributed by atoms with E-state index < -0.39 is 5.82 Å². The van der Waals surface area contributed by atoms with Crippen LogP contribution in [0.4, 0.5) is 10.1 Å². The molecule has 20 heavy (non-hydrogen) atoms. The second-order valence-electron chi connectivity index (χ2n) is 5.46. The van der Waals surface area contributed by atoms with E-state index in [1.165, 1.54) is 12.1 Å². The lowest BCUT2D eigenvalue weighted by Crippen LogP contribution is -2.39.